The third kappa shape index (κ3) is 4.37. The number of nitrogens with two attached hydrogens (primary N) is 2. The number of esters is 1. The summed E-state index contributed by atoms with van der Waals surface area (Å²) in [6.45, 7) is 2.24. The number of aliphatic imine (C=N–C) groups is 1. The van der Waals surface area contributed by atoms with Gasteiger partial charge in [0.2, 0.25) is 0 Å². The van der Waals surface area contributed by atoms with E-state index in [-0.39, 0.29) is 25.2 Å². The normalized spacial score (nSPS) is 13.8. The first kappa shape index (κ1) is 23.7. The Labute approximate surface area is 210 Å². The first-order valence-corrected chi connectivity index (χ1v) is 12.5. The highest BCUT2D eigenvalue weighted by Gasteiger charge is 2.26. The summed E-state index contributed by atoms with van der Waals surface area (Å²) in [5, 5.41) is 3.08. The maximum Gasteiger partial charge on any atom is 0.340 e. The second-order valence-electron chi connectivity index (χ2n) is 9.26. The molecule has 7 nitrogen and oxygen atoms in total. The summed E-state index contributed by atoms with van der Waals surface area (Å²) in [5.41, 5.74) is 15.4. The molecule has 0 aliphatic heterocycles. The van der Waals surface area contributed by atoms with E-state index >= 15 is 0 Å². The molecule has 4 N–H and O–H groups in total. The molecule has 1 aliphatic carbocycles. The highest BCUT2D eigenvalue weighted by atomic mass is 16.5. The number of aromatic nitrogens is 1. The van der Waals surface area contributed by atoms with Crippen molar-refractivity contribution in [1.29, 1.82) is 0 Å². The van der Waals surface area contributed by atoms with Crippen molar-refractivity contribution in [3.05, 3.63) is 65.9 Å². The van der Waals surface area contributed by atoms with Crippen molar-refractivity contribution in [2.24, 2.45) is 23.5 Å². The summed E-state index contributed by atoms with van der Waals surface area (Å²) >= 11 is 0. The predicted molar refractivity (Wildman–Crippen MR) is 144 cm³/mol. The Balaban J connectivity index is 1.78. The summed E-state index contributed by atoms with van der Waals surface area (Å²) in [7, 11) is 1.92. The molecule has 0 bridgehead atoms. The number of nitrogens with zero attached hydrogens (tertiary/aromatic N) is 2. The largest absolute Gasteiger partial charge is 0.490 e. The maximum atomic E-state index is 13.1. The van der Waals surface area contributed by atoms with Gasteiger partial charge < -0.3 is 25.5 Å². The highest BCUT2D eigenvalue weighted by Crippen LogP contribution is 2.41. The Kier molecular flexibility index (Phi) is 6.55. The fraction of sp³-hybridized carbons (Fsp3) is 0.310. The minimum absolute atomic E-state index is 0.0308. The quantitative estimate of drug-likeness (QED) is 0.211. The molecular formula is C29H32N4O3. The molecule has 1 fully saturated rings. The van der Waals surface area contributed by atoms with E-state index < -0.39 is 5.97 Å². The van der Waals surface area contributed by atoms with Crippen LogP contribution in [0.4, 0.5) is 0 Å². The van der Waals surface area contributed by atoms with Crippen LogP contribution in [0.5, 0.6) is 5.75 Å². The molecule has 186 valence electrons. The van der Waals surface area contributed by atoms with Crippen molar-refractivity contribution in [3.8, 4) is 16.9 Å². The zero-order valence-electron chi connectivity index (χ0n) is 20.8. The summed E-state index contributed by atoms with van der Waals surface area (Å²) < 4.78 is 14.0. The van der Waals surface area contributed by atoms with Crippen molar-refractivity contribution in [2.75, 3.05) is 6.61 Å². The molecule has 0 unspecified atom stereocenters. The summed E-state index contributed by atoms with van der Waals surface area (Å²) in [5.74, 6) is 0.348. The molecule has 4 aromatic rings. The average molecular weight is 485 g/mol. The van der Waals surface area contributed by atoms with E-state index in [1.165, 1.54) is 12.8 Å². The van der Waals surface area contributed by atoms with Gasteiger partial charge in [0.15, 0.2) is 5.96 Å². The molecule has 1 aliphatic rings. The molecule has 5 rings (SSSR count). The number of hydrogen-bond acceptors (Lipinski definition) is 4. The minimum atomic E-state index is -0.395. The number of benzene rings is 3. The molecule has 0 atom stereocenters. The fourth-order valence-electron chi connectivity index (χ4n) is 5.25. The van der Waals surface area contributed by atoms with Crippen molar-refractivity contribution in [1.82, 2.24) is 4.57 Å². The number of carbonyl (C=O) groups excluding carboxylic acids is 1. The first-order chi connectivity index (χ1) is 17.5. The lowest BCUT2D eigenvalue weighted by Gasteiger charge is -2.18. The van der Waals surface area contributed by atoms with Gasteiger partial charge in [0.1, 0.15) is 5.75 Å². The summed E-state index contributed by atoms with van der Waals surface area (Å²) in [4.78, 5) is 17.3. The Bertz CT molecular complexity index is 1460. The van der Waals surface area contributed by atoms with Crippen molar-refractivity contribution < 1.29 is 14.3 Å². The number of fused-ring (bicyclic) bond motifs is 2. The summed E-state index contributed by atoms with van der Waals surface area (Å²) in [6.07, 6.45) is 4.55. The number of ether oxygens (including phenoxy) is 2. The highest BCUT2D eigenvalue weighted by molar-refractivity contribution is 6.09. The van der Waals surface area contributed by atoms with Gasteiger partial charge in [-0.25, -0.2) is 9.79 Å². The van der Waals surface area contributed by atoms with Crippen LogP contribution in [-0.2, 0) is 18.3 Å². The molecular weight excluding hydrogens is 452 g/mol. The molecule has 7 heteroatoms. The van der Waals surface area contributed by atoms with E-state index in [0.717, 1.165) is 51.4 Å². The van der Waals surface area contributed by atoms with Gasteiger partial charge in [0.05, 0.1) is 30.5 Å². The summed E-state index contributed by atoms with van der Waals surface area (Å²) in [6, 6.07) is 18.8. The molecule has 0 saturated heterocycles. The van der Waals surface area contributed by atoms with E-state index in [2.05, 4.69) is 47.5 Å². The van der Waals surface area contributed by atoms with Gasteiger partial charge in [-0.15, -0.1) is 0 Å². The standard InChI is InChI=1S/C29H32N4O3/c1-3-35-28(34)27-23-16-26(36-19-11-5-6-12-19)22(15-24(23)33(2)25(27)17-32-29(30)31)21-14-8-10-18-9-4-7-13-20(18)21/h4,7-10,13-16,19H,3,5-6,11-12,17H2,1-2H3,(H4,30,31,32). The van der Waals surface area contributed by atoms with Gasteiger partial charge >= 0.3 is 5.97 Å². The monoisotopic (exact) mass is 484 g/mol. The van der Waals surface area contributed by atoms with Gasteiger partial charge in [-0.05, 0) is 61.1 Å². The van der Waals surface area contributed by atoms with Crippen molar-refractivity contribution in [3.63, 3.8) is 0 Å². The van der Waals surface area contributed by atoms with Crippen LogP contribution in [0, 0.1) is 0 Å². The van der Waals surface area contributed by atoms with Gasteiger partial charge in [-0.2, -0.15) is 0 Å². The third-order valence-electron chi connectivity index (χ3n) is 6.99. The average Bonchev–Trinajstić information content (AvgIpc) is 3.48. The molecule has 0 spiro atoms. The molecule has 0 amide bonds. The zero-order chi connectivity index (χ0) is 25.2. The molecule has 0 radical (unpaired) electrons. The SMILES string of the molecule is CCOC(=O)c1c(CN=C(N)N)n(C)c2cc(-c3cccc4ccccc34)c(OC3CCCC3)cc12. The van der Waals surface area contributed by atoms with Gasteiger partial charge in [0, 0.05) is 23.5 Å². The van der Waals surface area contributed by atoms with E-state index in [9.17, 15) is 4.79 Å². The van der Waals surface area contributed by atoms with Crippen LogP contribution in [0.15, 0.2) is 59.6 Å². The number of aryl methyl sites for hydroxylation is 1. The minimum Gasteiger partial charge on any atom is -0.490 e. The van der Waals surface area contributed by atoms with Crippen LogP contribution in [0.25, 0.3) is 32.8 Å². The molecule has 36 heavy (non-hydrogen) atoms. The number of hydrogen-bond donors (Lipinski definition) is 2. The van der Waals surface area contributed by atoms with Gasteiger partial charge in [-0.1, -0.05) is 42.5 Å². The first-order valence-electron chi connectivity index (χ1n) is 12.5. The molecule has 3 aromatic carbocycles. The van der Waals surface area contributed by atoms with Crippen molar-refractivity contribution >= 4 is 33.6 Å². The van der Waals surface area contributed by atoms with Crippen LogP contribution in [0.1, 0.15) is 48.7 Å². The zero-order valence-corrected chi connectivity index (χ0v) is 20.8. The van der Waals surface area contributed by atoms with Crippen LogP contribution < -0.4 is 16.2 Å². The van der Waals surface area contributed by atoms with E-state index in [0.29, 0.717) is 11.3 Å². The Morgan fingerprint density at radius 2 is 1.78 bits per heavy atom. The second-order valence-corrected chi connectivity index (χ2v) is 9.26. The Morgan fingerprint density at radius 3 is 2.53 bits per heavy atom. The lowest BCUT2D eigenvalue weighted by molar-refractivity contribution is 0.0527. The van der Waals surface area contributed by atoms with Crippen LogP contribution >= 0.6 is 0 Å². The Hall–Kier alpha value is -4.00. The van der Waals surface area contributed by atoms with Crippen LogP contribution in [0.2, 0.25) is 0 Å². The number of guanidine groups is 1. The van der Waals surface area contributed by atoms with Gasteiger partial charge in [0.25, 0.3) is 0 Å². The smallest absolute Gasteiger partial charge is 0.340 e. The van der Waals surface area contributed by atoms with E-state index in [1.54, 1.807) is 6.92 Å². The lowest BCUT2D eigenvalue weighted by Crippen LogP contribution is -2.23. The Morgan fingerprint density at radius 1 is 1.03 bits per heavy atom. The molecule has 1 heterocycles. The number of carbonyl (C=O) groups is 1. The third-order valence-corrected chi connectivity index (χ3v) is 6.99. The van der Waals surface area contributed by atoms with Crippen molar-refractivity contribution in [2.45, 2.75) is 45.3 Å². The predicted octanol–water partition coefficient (Wildman–Crippen LogP) is 5.27. The fourth-order valence-corrected chi connectivity index (χ4v) is 5.25. The van der Waals surface area contributed by atoms with Gasteiger partial charge in [-0.3, -0.25) is 0 Å². The molecule has 1 saturated carbocycles. The second kappa shape index (κ2) is 9.93. The number of rotatable bonds is 7. The maximum absolute atomic E-state index is 13.1. The van der Waals surface area contributed by atoms with Crippen LogP contribution in [0.3, 0.4) is 0 Å². The topological polar surface area (TPSA) is 105 Å². The lowest BCUT2D eigenvalue weighted by atomic mass is 9.96. The van der Waals surface area contributed by atoms with E-state index in [1.807, 2.05) is 23.7 Å². The molecule has 1 aromatic heterocycles. The van der Waals surface area contributed by atoms with E-state index in [4.69, 9.17) is 20.9 Å². The van der Waals surface area contributed by atoms with Crippen LogP contribution in [-0.4, -0.2) is 29.2 Å².